The van der Waals surface area contributed by atoms with Gasteiger partial charge in [-0.2, -0.15) is 0 Å². The fraction of sp³-hybridized carbons (Fsp3) is 0.533. The summed E-state index contributed by atoms with van der Waals surface area (Å²) in [4.78, 5) is 6.87. The number of unbranched alkanes of at least 4 members (excludes halogenated alkanes) is 1. The van der Waals surface area contributed by atoms with E-state index in [0.29, 0.717) is 0 Å². The first-order chi connectivity index (χ1) is 8.77. The van der Waals surface area contributed by atoms with Crippen LogP contribution in [0.1, 0.15) is 32.3 Å². The molecule has 0 unspecified atom stereocenters. The van der Waals surface area contributed by atoms with E-state index >= 15 is 0 Å². The van der Waals surface area contributed by atoms with Crippen molar-refractivity contribution in [2.75, 3.05) is 20.1 Å². The highest BCUT2D eigenvalue weighted by atomic mass is 15.3. The van der Waals surface area contributed by atoms with Gasteiger partial charge in [0.15, 0.2) is 5.96 Å². The van der Waals surface area contributed by atoms with Crippen LogP contribution in [0.25, 0.3) is 0 Å². The van der Waals surface area contributed by atoms with E-state index in [1.165, 1.54) is 18.4 Å². The van der Waals surface area contributed by atoms with Crippen LogP contribution in [0.3, 0.4) is 0 Å². The molecular formula is C15H25N3. The Balaban J connectivity index is 2.59. The Morgan fingerprint density at radius 3 is 2.56 bits per heavy atom. The number of guanidine groups is 1. The number of nitrogens with zero attached hydrogens (tertiary/aromatic N) is 2. The summed E-state index contributed by atoms with van der Waals surface area (Å²) in [6.07, 6.45) is 2.41. The van der Waals surface area contributed by atoms with Gasteiger partial charge in [0.05, 0.1) is 6.54 Å². The molecule has 100 valence electrons. The lowest BCUT2D eigenvalue weighted by Gasteiger charge is -2.21. The van der Waals surface area contributed by atoms with E-state index in [9.17, 15) is 0 Å². The molecule has 0 spiro atoms. The SMILES string of the molecule is CCCCN(C)C(=NCc1ccccc1)NCC. The first-order valence-electron chi connectivity index (χ1n) is 6.81. The van der Waals surface area contributed by atoms with Gasteiger partial charge in [0, 0.05) is 20.1 Å². The topological polar surface area (TPSA) is 27.6 Å². The van der Waals surface area contributed by atoms with Gasteiger partial charge in [-0.25, -0.2) is 4.99 Å². The highest BCUT2D eigenvalue weighted by Crippen LogP contribution is 2.01. The number of benzene rings is 1. The maximum atomic E-state index is 4.67. The first kappa shape index (κ1) is 14.6. The molecule has 0 aliphatic rings. The van der Waals surface area contributed by atoms with E-state index < -0.39 is 0 Å². The summed E-state index contributed by atoms with van der Waals surface area (Å²) in [5.41, 5.74) is 1.25. The number of aliphatic imine (C=N–C) groups is 1. The van der Waals surface area contributed by atoms with Crippen molar-refractivity contribution in [2.24, 2.45) is 4.99 Å². The summed E-state index contributed by atoms with van der Waals surface area (Å²) in [5.74, 6) is 0.995. The molecule has 0 aliphatic heterocycles. The molecule has 1 N–H and O–H groups in total. The van der Waals surface area contributed by atoms with E-state index in [0.717, 1.165) is 25.6 Å². The molecule has 0 aromatic heterocycles. The lowest BCUT2D eigenvalue weighted by molar-refractivity contribution is 0.465. The Bertz CT molecular complexity index is 346. The van der Waals surface area contributed by atoms with Gasteiger partial charge in [0.2, 0.25) is 0 Å². The zero-order chi connectivity index (χ0) is 13.2. The zero-order valence-corrected chi connectivity index (χ0v) is 11.8. The predicted octanol–water partition coefficient (Wildman–Crippen LogP) is 2.88. The average Bonchev–Trinajstić information content (AvgIpc) is 2.42. The smallest absolute Gasteiger partial charge is 0.193 e. The molecule has 0 saturated heterocycles. The molecule has 1 rings (SSSR count). The van der Waals surface area contributed by atoms with Crippen molar-refractivity contribution < 1.29 is 0 Å². The van der Waals surface area contributed by atoms with Gasteiger partial charge in [-0.15, -0.1) is 0 Å². The summed E-state index contributed by atoms with van der Waals surface area (Å²) in [6.45, 7) is 7.01. The molecule has 0 radical (unpaired) electrons. The molecule has 0 saturated carbocycles. The van der Waals surface area contributed by atoms with Gasteiger partial charge in [-0.05, 0) is 18.9 Å². The molecule has 0 atom stereocenters. The van der Waals surface area contributed by atoms with Crippen LogP contribution in [-0.4, -0.2) is 31.0 Å². The molecule has 0 fully saturated rings. The van der Waals surface area contributed by atoms with Crippen molar-refractivity contribution in [1.29, 1.82) is 0 Å². The zero-order valence-electron chi connectivity index (χ0n) is 11.8. The van der Waals surface area contributed by atoms with Crippen LogP contribution >= 0.6 is 0 Å². The number of nitrogens with one attached hydrogen (secondary N) is 1. The van der Waals surface area contributed by atoms with Crippen LogP contribution in [0.2, 0.25) is 0 Å². The quantitative estimate of drug-likeness (QED) is 0.618. The van der Waals surface area contributed by atoms with Gasteiger partial charge < -0.3 is 10.2 Å². The minimum Gasteiger partial charge on any atom is -0.357 e. The molecule has 1 aromatic rings. The third kappa shape index (κ3) is 5.21. The van der Waals surface area contributed by atoms with Crippen molar-refractivity contribution in [2.45, 2.75) is 33.2 Å². The highest BCUT2D eigenvalue weighted by molar-refractivity contribution is 5.79. The second kappa shape index (κ2) is 8.56. The Morgan fingerprint density at radius 2 is 1.94 bits per heavy atom. The van der Waals surface area contributed by atoms with Gasteiger partial charge in [0.1, 0.15) is 0 Å². The highest BCUT2D eigenvalue weighted by Gasteiger charge is 2.04. The van der Waals surface area contributed by atoms with Crippen LogP contribution in [0.15, 0.2) is 35.3 Å². The molecule has 18 heavy (non-hydrogen) atoms. The number of hydrogen-bond donors (Lipinski definition) is 1. The summed E-state index contributed by atoms with van der Waals surface area (Å²) < 4.78 is 0. The monoisotopic (exact) mass is 247 g/mol. The van der Waals surface area contributed by atoms with Crippen LogP contribution in [0.5, 0.6) is 0 Å². The average molecular weight is 247 g/mol. The molecule has 0 heterocycles. The Morgan fingerprint density at radius 1 is 1.22 bits per heavy atom. The maximum absolute atomic E-state index is 4.67. The van der Waals surface area contributed by atoms with Crippen molar-refractivity contribution in [3.05, 3.63) is 35.9 Å². The third-order valence-electron chi connectivity index (χ3n) is 2.80. The summed E-state index contributed by atoms with van der Waals surface area (Å²) >= 11 is 0. The Kier molecular flexibility index (Phi) is 6.92. The van der Waals surface area contributed by atoms with Crippen molar-refractivity contribution in [3.8, 4) is 0 Å². The minimum atomic E-state index is 0.736. The predicted molar refractivity (Wildman–Crippen MR) is 78.8 cm³/mol. The largest absolute Gasteiger partial charge is 0.357 e. The molecule has 0 aliphatic carbocycles. The van der Waals surface area contributed by atoms with Crippen molar-refractivity contribution in [1.82, 2.24) is 10.2 Å². The fourth-order valence-corrected chi connectivity index (χ4v) is 1.72. The molecule has 0 bridgehead atoms. The van der Waals surface area contributed by atoms with E-state index in [-0.39, 0.29) is 0 Å². The van der Waals surface area contributed by atoms with Crippen LogP contribution in [0, 0.1) is 0 Å². The second-order valence-corrected chi connectivity index (χ2v) is 4.43. The van der Waals surface area contributed by atoms with Crippen LogP contribution in [0.4, 0.5) is 0 Å². The van der Waals surface area contributed by atoms with Crippen LogP contribution < -0.4 is 5.32 Å². The van der Waals surface area contributed by atoms with Gasteiger partial charge in [-0.1, -0.05) is 43.7 Å². The van der Waals surface area contributed by atoms with Gasteiger partial charge in [0.25, 0.3) is 0 Å². The summed E-state index contributed by atoms with van der Waals surface area (Å²) in [7, 11) is 2.10. The number of hydrogen-bond acceptors (Lipinski definition) is 1. The van der Waals surface area contributed by atoms with E-state index in [2.05, 4.69) is 60.4 Å². The summed E-state index contributed by atoms with van der Waals surface area (Å²) in [6, 6.07) is 10.4. The standard InChI is InChI=1S/C15H25N3/c1-4-6-12-18(3)15(16-5-2)17-13-14-10-8-7-9-11-14/h7-11H,4-6,12-13H2,1-3H3,(H,16,17). The molecule has 3 heteroatoms. The lowest BCUT2D eigenvalue weighted by atomic mass is 10.2. The maximum Gasteiger partial charge on any atom is 0.193 e. The normalized spacial score (nSPS) is 11.4. The molecule has 0 amide bonds. The Hall–Kier alpha value is -1.51. The van der Waals surface area contributed by atoms with Gasteiger partial charge >= 0.3 is 0 Å². The lowest BCUT2D eigenvalue weighted by Crippen LogP contribution is -2.39. The molecular weight excluding hydrogens is 222 g/mol. The first-order valence-corrected chi connectivity index (χ1v) is 6.81. The number of rotatable bonds is 6. The van der Waals surface area contributed by atoms with Crippen LogP contribution in [-0.2, 0) is 6.54 Å². The van der Waals surface area contributed by atoms with E-state index in [1.807, 2.05) is 6.07 Å². The van der Waals surface area contributed by atoms with E-state index in [1.54, 1.807) is 0 Å². The van der Waals surface area contributed by atoms with Gasteiger partial charge in [-0.3, -0.25) is 0 Å². The summed E-state index contributed by atoms with van der Waals surface area (Å²) in [5, 5.41) is 3.34. The van der Waals surface area contributed by atoms with E-state index in [4.69, 9.17) is 0 Å². The second-order valence-electron chi connectivity index (χ2n) is 4.43. The Labute approximate surface area is 111 Å². The third-order valence-corrected chi connectivity index (χ3v) is 2.80. The van der Waals surface area contributed by atoms with Crippen molar-refractivity contribution in [3.63, 3.8) is 0 Å². The fourth-order valence-electron chi connectivity index (χ4n) is 1.72. The molecule has 1 aromatic carbocycles. The minimum absolute atomic E-state index is 0.736. The molecule has 3 nitrogen and oxygen atoms in total. The van der Waals surface area contributed by atoms with Crippen molar-refractivity contribution >= 4 is 5.96 Å².